The van der Waals surface area contributed by atoms with Crippen molar-refractivity contribution >= 4 is 10.9 Å². The van der Waals surface area contributed by atoms with Crippen molar-refractivity contribution in [1.29, 1.82) is 0 Å². The lowest BCUT2D eigenvalue weighted by molar-refractivity contribution is 0.129. The molecular formula is C26H33N3O2. The number of rotatable bonds is 6. The average molecular weight is 420 g/mol. The predicted molar refractivity (Wildman–Crippen MR) is 127 cm³/mol. The molecule has 0 bridgehead atoms. The zero-order valence-corrected chi connectivity index (χ0v) is 19.1. The van der Waals surface area contributed by atoms with Crippen molar-refractivity contribution in [3.05, 3.63) is 58.6 Å². The van der Waals surface area contributed by atoms with Crippen molar-refractivity contribution in [2.75, 3.05) is 19.7 Å². The Morgan fingerprint density at radius 1 is 1.19 bits per heavy atom. The number of fused-ring (bicyclic) bond motifs is 1. The molecular weight excluding hydrogens is 386 g/mol. The molecule has 1 saturated heterocycles. The maximum atomic E-state index is 13.7. The Labute approximate surface area is 184 Å². The summed E-state index contributed by atoms with van der Waals surface area (Å²) in [5, 5.41) is 0.693. The van der Waals surface area contributed by atoms with Gasteiger partial charge in [-0.2, -0.15) is 0 Å². The molecule has 2 heterocycles. The van der Waals surface area contributed by atoms with Gasteiger partial charge in [0.2, 0.25) is 0 Å². The molecule has 164 valence electrons. The first-order valence-electron chi connectivity index (χ1n) is 11.5. The number of benzene rings is 2. The van der Waals surface area contributed by atoms with Gasteiger partial charge < -0.3 is 9.64 Å². The van der Waals surface area contributed by atoms with Gasteiger partial charge in [-0.15, -0.1) is 0 Å². The molecule has 31 heavy (non-hydrogen) atoms. The quantitative estimate of drug-likeness (QED) is 0.571. The lowest BCUT2D eigenvalue weighted by Crippen LogP contribution is -2.42. The van der Waals surface area contributed by atoms with Crippen molar-refractivity contribution in [1.82, 2.24) is 14.5 Å². The van der Waals surface area contributed by atoms with Gasteiger partial charge in [0, 0.05) is 19.1 Å². The molecule has 0 N–H and O–H groups in total. The maximum absolute atomic E-state index is 13.7. The van der Waals surface area contributed by atoms with E-state index in [1.807, 2.05) is 60.9 Å². The summed E-state index contributed by atoms with van der Waals surface area (Å²) in [6.45, 7) is 12.0. The van der Waals surface area contributed by atoms with E-state index >= 15 is 0 Å². The van der Waals surface area contributed by atoms with Gasteiger partial charge in [-0.1, -0.05) is 24.3 Å². The van der Waals surface area contributed by atoms with Crippen LogP contribution in [0.25, 0.3) is 22.0 Å². The fourth-order valence-corrected chi connectivity index (χ4v) is 4.72. The Hall–Kier alpha value is -2.66. The first-order chi connectivity index (χ1) is 15.0. The van der Waals surface area contributed by atoms with Gasteiger partial charge in [0.15, 0.2) is 0 Å². The minimum absolute atomic E-state index is 0.0570. The zero-order chi connectivity index (χ0) is 22.0. The van der Waals surface area contributed by atoms with Gasteiger partial charge in [0.25, 0.3) is 5.56 Å². The number of likely N-dealkylation sites (tertiary alicyclic amines) is 1. The number of ether oxygens (including phenoxy) is 1. The first kappa shape index (κ1) is 21.6. The Morgan fingerprint density at radius 2 is 2.00 bits per heavy atom. The van der Waals surface area contributed by atoms with Crippen molar-refractivity contribution in [2.45, 2.75) is 53.1 Å². The molecule has 0 aliphatic carbocycles. The Balaban J connectivity index is 1.76. The number of piperidine rings is 1. The van der Waals surface area contributed by atoms with Crippen molar-refractivity contribution in [2.24, 2.45) is 5.92 Å². The van der Waals surface area contributed by atoms with E-state index in [-0.39, 0.29) is 5.56 Å². The van der Waals surface area contributed by atoms with E-state index < -0.39 is 0 Å². The molecule has 0 saturated carbocycles. The standard InChI is InChI=1S/C26H33N3O2/c1-5-31-22-11-6-10-21(15-22)23-12-7-13-24-25(23)26(30)29(19(4)27-24)17-20-9-8-14-28(16-20)18(2)3/h6-7,10-13,15,18,20H,5,8-9,14,16-17H2,1-4H3/t20-/m0/s1. The topological polar surface area (TPSA) is 47.4 Å². The van der Waals surface area contributed by atoms with Crippen LogP contribution in [-0.2, 0) is 6.54 Å². The van der Waals surface area contributed by atoms with Crippen molar-refractivity contribution in [3.8, 4) is 16.9 Å². The van der Waals surface area contributed by atoms with Crippen molar-refractivity contribution in [3.63, 3.8) is 0 Å². The van der Waals surface area contributed by atoms with E-state index in [1.165, 1.54) is 6.42 Å². The number of nitrogens with zero attached hydrogens (tertiary/aromatic N) is 3. The Kier molecular flexibility index (Phi) is 6.42. The van der Waals surface area contributed by atoms with Crippen LogP contribution in [0.4, 0.5) is 0 Å². The molecule has 0 spiro atoms. The minimum atomic E-state index is 0.0570. The van der Waals surface area contributed by atoms with E-state index in [1.54, 1.807) is 0 Å². The van der Waals surface area contributed by atoms with E-state index in [4.69, 9.17) is 9.72 Å². The summed E-state index contributed by atoms with van der Waals surface area (Å²) in [4.78, 5) is 21.1. The maximum Gasteiger partial charge on any atom is 0.262 e. The van der Waals surface area contributed by atoms with Crippen LogP contribution in [0, 0.1) is 12.8 Å². The second-order valence-corrected chi connectivity index (χ2v) is 8.83. The summed E-state index contributed by atoms with van der Waals surface area (Å²) >= 11 is 0. The molecule has 4 rings (SSSR count). The second kappa shape index (κ2) is 9.23. The highest BCUT2D eigenvalue weighted by molar-refractivity contribution is 5.94. The molecule has 1 aliphatic heterocycles. The van der Waals surface area contributed by atoms with Crippen LogP contribution in [0.1, 0.15) is 39.4 Å². The molecule has 1 atom stereocenters. The van der Waals surface area contributed by atoms with E-state index in [0.29, 0.717) is 24.0 Å². The highest BCUT2D eigenvalue weighted by Gasteiger charge is 2.23. The van der Waals surface area contributed by atoms with E-state index in [9.17, 15) is 4.79 Å². The molecule has 1 aromatic heterocycles. The van der Waals surface area contributed by atoms with Crippen LogP contribution >= 0.6 is 0 Å². The van der Waals surface area contributed by atoms with Crippen molar-refractivity contribution < 1.29 is 4.74 Å². The van der Waals surface area contributed by atoms with Gasteiger partial charge in [0.05, 0.1) is 17.5 Å². The molecule has 0 radical (unpaired) electrons. The molecule has 1 aliphatic rings. The smallest absolute Gasteiger partial charge is 0.262 e. The summed E-state index contributed by atoms with van der Waals surface area (Å²) in [5.41, 5.74) is 2.71. The number of hydrogen-bond acceptors (Lipinski definition) is 4. The first-order valence-corrected chi connectivity index (χ1v) is 11.5. The van der Waals surface area contributed by atoms with Crippen LogP contribution in [0.3, 0.4) is 0 Å². The Morgan fingerprint density at radius 3 is 2.77 bits per heavy atom. The summed E-state index contributed by atoms with van der Waals surface area (Å²) < 4.78 is 7.57. The lowest BCUT2D eigenvalue weighted by atomic mass is 9.96. The zero-order valence-electron chi connectivity index (χ0n) is 19.1. The normalized spacial score (nSPS) is 17.4. The fraction of sp³-hybridized carbons (Fsp3) is 0.462. The molecule has 3 aromatic rings. The summed E-state index contributed by atoms with van der Waals surface area (Å²) in [6.07, 6.45) is 2.35. The van der Waals surface area contributed by atoms with Crippen LogP contribution in [0.15, 0.2) is 47.3 Å². The summed E-state index contributed by atoms with van der Waals surface area (Å²) in [7, 11) is 0. The van der Waals surface area contributed by atoms with Crippen LogP contribution in [0.2, 0.25) is 0 Å². The molecule has 2 aromatic carbocycles. The molecule has 0 amide bonds. The van der Waals surface area contributed by atoms with Crippen LogP contribution in [0.5, 0.6) is 5.75 Å². The summed E-state index contributed by atoms with van der Waals surface area (Å²) in [5.74, 6) is 2.08. The van der Waals surface area contributed by atoms with Gasteiger partial charge in [0.1, 0.15) is 11.6 Å². The predicted octanol–water partition coefficient (Wildman–Crippen LogP) is 4.89. The number of aryl methyl sites for hydroxylation is 1. The van der Waals surface area contributed by atoms with Gasteiger partial charge in [-0.3, -0.25) is 9.36 Å². The third kappa shape index (κ3) is 4.52. The van der Waals surface area contributed by atoms with E-state index in [0.717, 1.165) is 54.3 Å². The SMILES string of the molecule is CCOc1cccc(-c2cccc3nc(C)n(C[C@H]4CCCN(C(C)C)C4)c(=O)c23)c1. The largest absolute Gasteiger partial charge is 0.494 e. The highest BCUT2D eigenvalue weighted by Crippen LogP contribution is 2.29. The third-order valence-corrected chi connectivity index (χ3v) is 6.35. The highest BCUT2D eigenvalue weighted by atomic mass is 16.5. The number of aromatic nitrogens is 2. The monoisotopic (exact) mass is 419 g/mol. The van der Waals surface area contributed by atoms with Gasteiger partial charge in [-0.05, 0) is 82.3 Å². The molecule has 0 unspecified atom stereocenters. The minimum Gasteiger partial charge on any atom is -0.494 e. The van der Waals surface area contributed by atoms with E-state index in [2.05, 4.69) is 18.7 Å². The molecule has 5 nitrogen and oxygen atoms in total. The van der Waals surface area contributed by atoms with Gasteiger partial charge >= 0.3 is 0 Å². The second-order valence-electron chi connectivity index (χ2n) is 8.83. The molecule has 5 heteroatoms. The fourth-order valence-electron chi connectivity index (χ4n) is 4.72. The average Bonchev–Trinajstić information content (AvgIpc) is 2.77. The lowest BCUT2D eigenvalue weighted by Gasteiger charge is -2.35. The van der Waals surface area contributed by atoms with Gasteiger partial charge in [-0.25, -0.2) is 4.98 Å². The third-order valence-electron chi connectivity index (χ3n) is 6.35. The van der Waals surface area contributed by atoms with Crippen LogP contribution < -0.4 is 10.3 Å². The summed E-state index contributed by atoms with van der Waals surface area (Å²) in [6, 6.07) is 14.4. The van der Waals surface area contributed by atoms with Crippen LogP contribution in [-0.4, -0.2) is 40.2 Å². The number of hydrogen-bond donors (Lipinski definition) is 0. The Bertz CT molecular complexity index is 1120. The molecule has 1 fully saturated rings.